The molecule has 0 atom stereocenters. The largest absolute Gasteiger partial charge is 0.459 e. The maximum Gasteiger partial charge on any atom is 0.291 e. The molecule has 9 nitrogen and oxygen atoms in total. The second-order valence-electron chi connectivity index (χ2n) is 6.27. The van der Waals surface area contributed by atoms with Crippen LogP contribution in [-0.4, -0.2) is 32.0 Å². The van der Waals surface area contributed by atoms with Gasteiger partial charge in [-0.1, -0.05) is 6.07 Å². The van der Waals surface area contributed by atoms with Crippen molar-refractivity contribution in [3.8, 4) is 5.69 Å². The number of nitrogens with one attached hydrogen (secondary N) is 2. The molecule has 4 rings (SSSR count). The van der Waals surface area contributed by atoms with E-state index >= 15 is 0 Å². The minimum atomic E-state index is -0.611. The SMILES string of the molecule is Cc1nnnn1-c1ccc(F)c(NC(=O)c2cccc(NC(=O)c3ccco3)c2)c1. The fraction of sp³-hybridized carbons (Fsp3) is 0.0500. The summed E-state index contributed by atoms with van der Waals surface area (Å²) in [4.78, 5) is 24.7. The van der Waals surface area contributed by atoms with Crippen LogP contribution < -0.4 is 10.6 Å². The topological polar surface area (TPSA) is 115 Å². The van der Waals surface area contributed by atoms with Crippen LogP contribution in [0.2, 0.25) is 0 Å². The third-order valence-electron chi connectivity index (χ3n) is 4.20. The summed E-state index contributed by atoms with van der Waals surface area (Å²) in [5.74, 6) is -0.956. The molecule has 0 bridgehead atoms. The van der Waals surface area contributed by atoms with Crippen molar-refractivity contribution in [3.63, 3.8) is 0 Å². The highest BCUT2D eigenvalue weighted by Crippen LogP contribution is 2.21. The van der Waals surface area contributed by atoms with Gasteiger partial charge in [0.25, 0.3) is 11.8 Å². The lowest BCUT2D eigenvalue weighted by Crippen LogP contribution is -2.15. The Labute approximate surface area is 169 Å². The van der Waals surface area contributed by atoms with Gasteiger partial charge in [-0.05, 0) is 65.9 Å². The van der Waals surface area contributed by atoms with Crippen molar-refractivity contribution in [1.29, 1.82) is 0 Å². The lowest BCUT2D eigenvalue weighted by atomic mass is 10.1. The number of halogens is 1. The van der Waals surface area contributed by atoms with E-state index in [-0.39, 0.29) is 17.0 Å². The monoisotopic (exact) mass is 406 g/mol. The number of aryl methyl sites for hydroxylation is 1. The van der Waals surface area contributed by atoms with Crippen molar-refractivity contribution in [3.05, 3.63) is 83.8 Å². The summed E-state index contributed by atoms with van der Waals surface area (Å²) in [6, 6.07) is 13.5. The molecule has 150 valence electrons. The molecular weight excluding hydrogens is 391 g/mol. The number of nitrogens with zero attached hydrogens (tertiary/aromatic N) is 4. The number of furan rings is 1. The van der Waals surface area contributed by atoms with E-state index in [1.807, 2.05) is 0 Å². The highest BCUT2D eigenvalue weighted by atomic mass is 19.1. The average Bonchev–Trinajstić information content (AvgIpc) is 3.42. The average molecular weight is 406 g/mol. The summed E-state index contributed by atoms with van der Waals surface area (Å²) in [7, 11) is 0. The quantitative estimate of drug-likeness (QED) is 0.526. The van der Waals surface area contributed by atoms with Crippen LogP contribution in [0.1, 0.15) is 26.7 Å². The zero-order valence-corrected chi connectivity index (χ0v) is 15.7. The number of benzene rings is 2. The lowest BCUT2D eigenvalue weighted by molar-refractivity contribution is 0.0993. The van der Waals surface area contributed by atoms with Gasteiger partial charge in [0, 0.05) is 11.3 Å². The van der Waals surface area contributed by atoms with E-state index in [2.05, 4.69) is 26.2 Å². The van der Waals surface area contributed by atoms with Crippen LogP contribution in [0.25, 0.3) is 5.69 Å². The number of amides is 2. The maximum atomic E-state index is 14.3. The molecule has 0 fully saturated rings. The number of hydrogen-bond acceptors (Lipinski definition) is 6. The van der Waals surface area contributed by atoms with Crippen molar-refractivity contribution in [2.24, 2.45) is 0 Å². The Bertz CT molecular complexity index is 1220. The number of carbonyl (C=O) groups excluding carboxylic acids is 2. The zero-order chi connectivity index (χ0) is 21.1. The summed E-state index contributed by atoms with van der Waals surface area (Å²) >= 11 is 0. The molecule has 2 N–H and O–H groups in total. The van der Waals surface area contributed by atoms with Gasteiger partial charge in [-0.3, -0.25) is 9.59 Å². The predicted molar refractivity (Wildman–Crippen MR) is 105 cm³/mol. The van der Waals surface area contributed by atoms with Crippen LogP contribution in [0.15, 0.2) is 65.3 Å². The Kier molecular flexibility index (Phi) is 5.04. The maximum absolute atomic E-state index is 14.3. The molecule has 2 aromatic carbocycles. The minimum Gasteiger partial charge on any atom is -0.459 e. The van der Waals surface area contributed by atoms with Gasteiger partial charge >= 0.3 is 0 Å². The smallest absolute Gasteiger partial charge is 0.291 e. The Balaban J connectivity index is 1.53. The molecule has 30 heavy (non-hydrogen) atoms. The van der Waals surface area contributed by atoms with Crippen LogP contribution >= 0.6 is 0 Å². The first-order chi connectivity index (χ1) is 14.5. The molecule has 4 aromatic rings. The molecule has 0 spiro atoms. The number of rotatable bonds is 5. The normalized spacial score (nSPS) is 10.6. The van der Waals surface area contributed by atoms with Gasteiger partial charge in [0.15, 0.2) is 11.6 Å². The van der Waals surface area contributed by atoms with E-state index in [0.29, 0.717) is 17.2 Å². The number of aromatic nitrogens is 4. The standard InChI is InChI=1S/C20H15FN6O3/c1-12-24-25-26-27(12)15-7-8-16(21)17(11-15)23-19(28)13-4-2-5-14(10-13)22-20(29)18-6-3-9-30-18/h2-11H,1H3,(H,22,29)(H,23,28). The molecule has 0 aliphatic carbocycles. The molecule has 2 aromatic heterocycles. The molecule has 0 radical (unpaired) electrons. The third-order valence-corrected chi connectivity index (χ3v) is 4.20. The van der Waals surface area contributed by atoms with E-state index < -0.39 is 17.6 Å². The fourth-order valence-corrected chi connectivity index (χ4v) is 2.74. The second kappa shape index (κ2) is 7.95. The first-order valence-electron chi connectivity index (χ1n) is 8.82. The summed E-state index contributed by atoms with van der Waals surface area (Å²) < 4.78 is 20.7. The van der Waals surface area contributed by atoms with E-state index in [0.717, 1.165) is 0 Å². The van der Waals surface area contributed by atoms with Gasteiger partial charge in [-0.25, -0.2) is 4.39 Å². The second-order valence-corrected chi connectivity index (χ2v) is 6.27. The van der Waals surface area contributed by atoms with Crippen molar-refractivity contribution in [2.75, 3.05) is 10.6 Å². The summed E-state index contributed by atoms with van der Waals surface area (Å²) in [6.07, 6.45) is 1.39. The third kappa shape index (κ3) is 3.92. The fourth-order valence-electron chi connectivity index (χ4n) is 2.74. The van der Waals surface area contributed by atoms with E-state index in [1.165, 1.54) is 41.3 Å². The molecule has 0 aliphatic heterocycles. The first-order valence-corrected chi connectivity index (χ1v) is 8.82. The molecular formula is C20H15FN6O3. The molecule has 0 unspecified atom stereocenters. The summed E-state index contributed by atoms with van der Waals surface area (Å²) in [6.45, 7) is 1.70. The number of anilines is 2. The molecule has 2 amide bonds. The Morgan fingerprint density at radius 3 is 2.63 bits per heavy atom. The van der Waals surface area contributed by atoms with Gasteiger partial charge in [0.05, 0.1) is 17.6 Å². The van der Waals surface area contributed by atoms with Crippen LogP contribution in [-0.2, 0) is 0 Å². The number of carbonyl (C=O) groups is 2. The minimum absolute atomic E-state index is 0.0302. The van der Waals surface area contributed by atoms with E-state index in [9.17, 15) is 14.0 Å². The molecule has 0 aliphatic rings. The van der Waals surface area contributed by atoms with Crippen LogP contribution in [0.5, 0.6) is 0 Å². The van der Waals surface area contributed by atoms with Crippen molar-refractivity contribution in [1.82, 2.24) is 20.2 Å². The molecule has 2 heterocycles. The Morgan fingerprint density at radius 1 is 1.03 bits per heavy atom. The van der Waals surface area contributed by atoms with Crippen LogP contribution in [0.3, 0.4) is 0 Å². The van der Waals surface area contributed by atoms with Gasteiger partial charge in [0.1, 0.15) is 5.82 Å². The number of tetrazole rings is 1. The Morgan fingerprint density at radius 2 is 1.90 bits per heavy atom. The first kappa shape index (κ1) is 19.0. The van der Waals surface area contributed by atoms with E-state index in [4.69, 9.17) is 4.42 Å². The van der Waals surface area contributed by atoms with Gasteiger partial charge < -0.3 is 15.1 Å². The highest BCUT2D eigenvalue weighted by molar-refractivity contribution is 6.06. The zero-order valence-electron chi connectivity index (χ0n) is 15.7. The number of hydrogen-bond donors (Lipinski definition) is 2. The van der Waals surface area contributed by atoms with Gasteiger partial charge in [0.2, 0.25) is 0 Å². The van der Waals surface area contributed by atoms with Crippen molar-refractivity contribution in [2.45, 2.75) is 6.92 Å². The predicted octanol–water partition coefficient (Wildman–Crippen LogP) is 3.21. The lowest BCUT2D eigenvalue weighted by Gasteiger charge is -2.10. The van der Waals surface area contributed by atoms with Crippen molar-refractivity contribution >= 4 is 23.2 Å². The molecule has 0 saturated heterocycles. The summed E-state index contributed by atoms with van der Waals surface area (Å²) in [5, 5.41) is 16.3. The van der Waals surface area contributed by atoms with Gasteiger partial charge in [-0.15, -0.1) is 5.10 Å². The highest BCUT2D eigenvalue weighted by Gasteiger charge is 2.14. The van der Waals surface area contributed by atoms with E-state index in [1.54, 1.807) is 31.2 Å². The Hall–Kier alpha value is -4.34. The molecule has 0 saturated carbocycles. The van der Waals surface area contributed by atoms with Gasteiger partial charge in [-0.2, -0.15) is 4.68 Å². The van der Waals surface area contributed by atoms with Crippen molar-refractivity contribution < 1.29 is 18.4 Å². The molecule has 10 heteroatoms. The van der Waals surface area contributed by atoms with Crippen LogP contribution in [0, 0.1) is 12.7 Å². The van der Waals surface area contributed by atoms with Crippen LogP contribution in [0.4, 0.5) is 15.8 Å². The summed E-state index contributed by atoms with van der Waals surface area (Å²) in [5.41, 5.74) is 1.09.